The largest absolute Gasteiger partial charge is 0.304 e. The molecule has 3 aromatic rings. The fourth-order valence-corrected chi connectivity index (χ4v) is 2.80. The molecule has 8 heteroatoms. The zero-order valence-corrected chi connectivity index (χ0v) is 15.0. The van der Waals surface area contributed by atoms with Crippen LogP contribution in [0.2, 0.25) is 0 Å². The average molecular weight is 379 g/mol. The number of amides is 1. The van der Waals surface area contributed by atoms with E-state index in [-0.39, 0.29) is 22.9 Å². The van der Waals surface area contributed by atoms with E-state index < -0.39 is 5.91 Å². The van der Waals surface area contributed by atoms with Gasteiger partial charge in [-0.25, -0.2) is 9.07 Å². The first-order valence-electron chi connectivity index (χ1n) is 9.03. The van der Waals surface area contributed by atoms with Gasteiger partial charge in [0.25, 0.3) is 11.5 Å². The Balaban J connectivity index is 1.42. The number of hydrogen-bond acceptors (Lipinski definition) is 5. The van der Waals surface area contributed by atoms with Crippen LogP contribution >= 0.6 is 0 Å². The molecule has 1 aliphatic rings. The molecule has 0 atom stereocenters. The molecule has 0 aliphatic heterocycles. The minimum Gasteiger partial charge on any atom is -0.304 e. The molecule has 1 aromatic carbocycles. The Morgan fingerprint density at radius 1 is 1.14 bits per heavy atom. The number of benzene rings is 1. The Labute approximate surface area is 160 Å². The lowest BCUT2D eigenvalue weighted by molar-refractivity contribution is 0.101. The number of carbonyl (C=O) groups is 1. The van der Waals surface area contributed by atoms with Crippen LogP contribution in [0, 0.1) is 11.7 Å². The van der Waals surface area contributed by atoms with Crippen molar-refractivity contribution in [1.29, 1.82) is 0 Å². The molecule has 2 aromatic heterocycles. The van der Waals surface area contributed by atoms with Gasteiger partial charge in [0.2, 0.25) is 0 Å². The summed E-state index contributed by atoms with van der Waals surface area (Å²) in [7, 11) is 0. The second kappa shape index (κ2) is 7.67. The van der Waals surface area contributed by atoms with Gasteiger partial charge in [0.15, 0.2) is 5.82 Å². The monoisotopic (exact) mass is 379 g/mol. The summed E-state index contributed by atoms with van der Waals surface area (Å²) in [5, 5.41) is 14.8. The number of carbonyl (C=O) groups excluding carboxylic acids is 1. The minimum absolute atomic E-state index is 0.144. The van der Waals surface area contributed by atoms with Gasteiger partial charge in [-0.2, -0.15) is 10.2 Å². The molecule has 0 saturated heterocycles. The maximum atomic E-state index is 13.3. The third-order valence-corrected chi connectivity index (χ3v) is 4.46. The number of anilines is 1. The first-order chi connectivity index (χ1) is 13.6. The second-order valence-electron chi connectivity index (χ2n) is 6.85. The molecule has 1 aliphatic carbocycles. The highest BCUT2D eigenvalue weighted by molar-refractivity contribution is 6.02. The average Bonchev–Trinajstić information content (AvgIpc) is 3.49. The third kappa shape index (κ3) is 4.46. The van der Waals surface area contributed by atoms with Gasteiger partial charge >= 0.3 is 0 Å². The lowest BCUT2D eigenvalue weighted by Gasteiger charge is -2.07. The molecular weight excluding hydrogens is 361 g/mol. The number of rotatable bonds is 6. The van der Waals surface area contributed by atoms with Gasteiger partial charge in [0.05, 0.1) is 5.69 Å². The Hall–Kier alpha value is -3.42. The van der Waals surface area contributed by atoms with Crippen molar-refractivity contribution in [2.45, 2.75) is 25.8 Å². The van der Waals surface area contributed by atoms with Crippen molar-refractivity contribution >= 4 is 11.7 Å². The summed E-state index contributed by atoms with van der Waals surface area (Å²) in [6.45, 7) is 0.536. The van der Waals surface area contributed by atoms with Gasteiger partial charge in [-0.05, 0) is 54.7 Å². The molecule has 1 fully saturated rings. The molecule has 0 unspecified atom stereocenters. The van der Waals surface area contributed by atoms with Gasteiger partial charge in [0, 0.05) is 19.0 Å². The highest BCUT2D eigenvalue weighted by atomic mass is 19.1. The van der Waals surface area contributed by atoms with Crippen LogP contribution in [0.15, 0.2) is 53.3 Å². The number of nitrogens with zero attached hydrogens (tertiary/aromatic N) is 4. The molecule has 0 radical (unpaired) electrons. The zero-order valence-electron chi connectivity index (χ0n) is 15.0. The summed E-state index contributed by atoms with van der Waals surface area (Å²) in [4.78, 5) is 24.2. The SMILES string of the molecule is O=C(Nc1ccc(Cc2cccc(F)c2)nn1)c1ccc(=O)n(CC2CC2)n1. The molecule has 1 amide bonds. The fraction of sp³-hybridized carbons (Fsp3) is 0.250. The van der Waals surface area contributed by atoms with Crippen LogP contribution in [0.3, 0.4) is 0 Å². The first-order valence-corrected chi connectivity index (χ1v) is 9.03. The van der Waals surface area contributed by atoms with Gasteiger partial charge in [0.1, 0.15) is 11.5 Å². The Morgan fingerprint density at radius 2 is 2.00 bits per heavy atom. The van der Waals surface area contributed by atoms with E-state index in [0.29, 0.717) is 24.6 Å². The molecule has 0 spiro atoms. The number of hydrogen-bond donors (Lipinski definition) is 1. The quantitative estimate of drug-likeness (QED) is 0.710. The van der Waals surface area contributed by atoms with Crippen LogP contribution in [0.4, 0.5) is 10.2 Å². The summed E-state index contributed by atoms with van der Waals surface area (Å²) in [5.41, 5.74) is 1.36. The van der Waals surface area contributed by atoms with Crippen molar-refractivity contribution in [2.24, 2.45) is 5.92 Å². The lowest BCUT2D eigenvalue weighted by atomic mass is 10.1. The van der Waals surface area contributed by atoms with Crippen LogP contribution in [0.1, 0.15) is 34.6 Å². The predicted octanol–water partition coefficient (Wildman–Crippen LogP) is 2.43. The lowest BCUT2D eigenvalue weighted by Crippen LogP contribution is -2.27. The molecule has 1 saturated carbocycles. The van der Waals surface area contributed by atoms with E-state index in [1.807, 2.05) is 6.07 Å². The standard InChI is InChI=1S/C20H18FN5O2/c21-15-3-1-2-14(10-15)11-16-6-8-18(24-23-16)22-20(28)17-7-9-19(27)26(25-17)12-13-4-5-13/h1-3,6-10,13H,4-5,11-12H2,(H,22,24,28). The van der Waals surface area contributed by atoms with E-state index in [2.05, 4.69) is 20.6 Å². The first kappa shape index (κ1) is 18.0. The summed E-state index contributed by atoms with van der Waals surface area (Å²) in [6.07, 6.45) is 2.61. The van der Waals surface area contributed by atoms with Crippen molar-refractivity contribution < 1.29 is 9.18 Å². The second-order valence-corrected chi connectivity index (χ2v) is 6.85. The Morgan fingerprint density at radius 3 is 2.71 bits per heavy atom. The van der Waals surface area contributed by atoms with E-state index >= 15 is 0 Å². The van der Waals surface area contributed by atoms with E-state index in [9.17, 15) is 14.0 Å². The number of aromatic nitrogens is 4. The van der Waals surface area contributed by atoms with Gasteiger partial charge in [-0.15, -0.1) is 5.10 Å². The Kier molecular flexibility index (Phi) is 4.92. The topological polar surface area (TPSA) is 89.8 Å². The zero-order chi connectivity index (χ0) is 19.5. The molecule has 4 rings (SSSR count). The molecule has 7 nitrogen and oxygen atoms in total. The van der Waals surface area contributed by atoms with Gasteiger partial charge in [-0.1, -0.05) is 12.1 Å². The molecular formula is C20H18FN5O2. The highest BCUT2D eigenvalue weighted by Crippen LogP contribution is 2.29. The minimum atomic E-state index is -0.461. The molecule has 28 heavy (non-hydrogen) atoms. The van der Waals surface area contributed by atoms with E-state index in [0.717, 1.165) is 18.4 Å². The van der Waals surface area contributed by atoms with Gasteiger partial charge in [-0.3, -0.25) is 9.59 Å². The smallest absolute Gasteiger partial charge is 0.277 e. The summed E-state index contributed by atoms with van der Waals surface area (Å²) < 4.78 is 14.6. The van der Waals surface area contributed by atoms with Crippen molar-refractivity contribution in [3.8, 4) is 0 Å². The molecule has 0 bridgehead atoms. The molecule has 1 N–H and O–H groups in total. The molecule has 142 valence electrons. The summed E-state index contributed by atoms with van der Waals surface area (Å²) in [5.74, 6) is -0.0173. The van der Waals surface area contributed by atoms with E-state index in [4.69, 9.17) is 0 Å². The Bertz CT molecular complexity index is 1060. The van der Waals surface area contributed by atoms with Crippen LogP contribution in [-0.2, 0) is 13.0 Å². The van der Waals surface area contributed by atoms with Crippen LogP contribution in [0.25, 0.3) is 0 Å². The van der Waals surface area contributed by atoms with Crippen molar-refractivity contribution in [2.75, 3.05) is 5.32 Å². The van der Waals surface area contributed by atoms with Gasteiger partial charge < -0.3 is 5.32 Å². The predicted molar refractivity (Wildman–Crippen MR) is 100 cm³/mol. The third-order valence-electron chi connectivity index (χ3n) is 4.46. The van der Waals surface area contributed by atoms with Crippen LogP contribution < -0.4 is 10.9 Å². The van der Waals surface area contributed by atoms with Crippen molar-refractivity contribution in [1.82, 2.24) is 20.0 Å². The maximum Gasteiger partial charge on any atom is 0.277 e. The highest BCUT2D eigenvalue weighted by Gasteiger charge is 2.23. The maximum absolute atomic E-state index is 13.3. The number of halogens is 1. The van der Waals surface area contributed by atoms with Crippen molar-refractivity contribution in [3.63, 3.8) is 0 Å². The summed E-state index contributed by atoms with van der Waals surface area (Å²) >= 11 is 0. The van der Waals surface area contributed by atoms with E-state index in [1.54, 1.807) is 18.2 Å². The summed E-state index contributed by atoms with van der Waals surface area (Å²) in [6, 6.07) is 12.4. The van der Waals surface area contributed by atoms with Crippen LogP contribution in [-0.4, -0.2) is 25.9 Å². The van der Waals surface area contributed by atoms with Crippen molar-refractivity contribution in [3.05, 3.63) is 81.7 Å². The van der Waals surface area contributed by atoms with E-state index in [1.165, 1.54) is 28.9 Å². The van der Waals surface area contributed by atoms with Crippen LogP contribution in [0.5, 0.6) is 0 Å². The fourth-order valence-electron chi connectivity index (χ4n) is 2.80. The number of nitrogens with one attached hydrogen (secondary N) is 1. The molecule has 2 heterocycles. The normalized spacial score (nSPS) is 13.3.